The average Bonchev–Trinajstić information content (AvgIpc) is 3.42. The largest absolute Gasteiger partial charge is 0.508 e. The van der Waals surface area contributed by atoms with E-state index in [1.807, 2.05) is 24.3 Å². The van der Waals surface area contributed by atoms with Gasteiger partial charge in [0.15, 0.2) is 11.5 Å². The molecule has 6 rings (SSSR count). The third-order valence-electron chi connectivity index (χ3n) is 5.17. The first-order valence-corrected chi connectivity index (χ1v) is 9.76. The summed E-state index contributed by atoms with van der Waals surface area (Å²) >= 11 is 0. The highest BCUT2D eigenvalue weighted by molar-refractivity contribution is 5.95. The summed E-state index contributed by atoms with van der Waals surface area (Å²) in [6.07, 6.45) is 5.04. The van der Waals surface area contributed by atoms with E-state index < -0.39 is 5.82 Å². The Bertz CT molecular complexity index is 1590. The van der Waals surface area contributed by atoms with Gasteiger partial charge in [-0.05, 0) is 42.5 Å². The van der Waals surface area contributed by atoms with E-state index in [1.165, 1.54) is 12.1 Å². The number of imidazole rings is 1. The van der Waals surface area contributed by atoms with Crippen LogP contribution in [-0.4, -0.2) is 40.2 Å². The molecular weight excluding hydrogens is 409 g/mol. The lowest BCUT2D eigenvalue weighted by atomic mass is 10.1. The smallest absolute Gasteiger partial charge is 0.161 e. The van der Waals surface area contributed by atoms with E-state index in [9.17, 15) is 9.50 Å². The topological polar surface area (TPSA) is 116 Å². The van der Waals surface area contributed by atoms with Crippen LogP contribution in [0, 0.1) is 5.82 Å². The number of nitrogens with zero attached hydrogens (tertiary/aromatic N) is 5. The fourth-order valence-corrected chi connectivity index (χ4v) is 3.72. The number of halogens is 1. The average molecular weight is 423 g/mol. The minimum absolute atomic E-state index is 0.180. The zero-order chi connectivity index (χ0) is 21.7. The highest BCUT2D eigenvalue weighted by atomic mass is 19.1. The molecule has 0 bridgehead atoms. The number of benzene rings is 1. The van der Waals surface area contributed by atoms with E-state index in [4.69, 9.17) is 4.98 Å². The summed E-state index contributed by atoms with van der Waals surface area (Å²) in [5, 5.41) is 17.2. The molecule has 0 fully saturated rings. The number of rotatable bonds is 3. The molecule has 8 nitrogen and oxygen atoms in total. The second kappa shape index (κ2) is 6.95. The van der Waals surface area contributed by atoms with Crippen molar-refractivity contribution in [3.8, 4) is 39.8 Å². The van der Waals surface area contributed by atoms with Crippen LogP contribution in [0.1, 0.15) is 0 Å². The minimum Gasteiger partial charge on any atom is -0.508 e. The summed E-state index contributed by atoms with van der Waals surface area (Å²) in [6.45, 7) is 0. The monoisotopic (exact) mass is 423 g/mol. The van der Waals surface area contributed by atoms with Gasteiger partial charge < -0.3 is 10.1 Å². The molecule has 5 heterocycles. The van der Waals surface area contributed by atoms with Crippen LogP contribution in [0.25, 0.3) is 56.1 Å². The van der Waals surface area contributed by atoms with Gasteiger partial charge in [0.25, 0.3) is 0 Å². The SMILES string of the molecule is Oc1cc(F)cc(-c2nccc3[nH]c(-c4n[nH]c5ccc(-c6ccncc6)nc45)nc23)c1. The van der Waals surface area contributed by atoms with Gasteiger partial charge in [0, 0.05) is 35.8 Å². The number of pyridine rings is 3. The maximum absolute atomic E-state index is 13.9. The number of phenolic OH excluding ortho intramolecular Hbond substituents is 1. The number of phenols is 1. The van der Waals surface area contributed by atoms with Crippen LogP contribution in [0.2, 0.25) is 0 Å². The predicted molar refractivity (Wildman–Crippen MR) is 117 cm³/mol. The van der Waals surface area contributed by atoms with E-state index in [0.29, 0.717) is 39.3 Å². The van der Waals surface area contributed by atoms with Crippen molar-refractivity contribution in [1.82, 2.24) is 35.1 Å². The molecule has 1 aromatic carbocycles. The normalized spacial score (nSPS) is 11.4. The van der Waals surface area contributed by atoms with Crippen molar-refractivity contribution in [3.05, 3.63) is 72.9 Å². The second-order valence-electron chi connectivity index (χ2n) is 7.24. The third kappa shape index (κ3) is 2.95. The van der Waals surface area contributed by atoms with Gasteiger partial charge in [-0.3, -0.25) is 15.1 Å². The molecule has 154 valence electrons. The molecule has 0 saturated carbocycles. The number of fused-ring (bicyclic) bond motifs is 2. The number of aromatic amines is 2. The first-order valence-electron chi connectivity index (χ1n) is 9.76. The van der Waals surface area contributed by atoms with Crippen LogP contribution >= 0.6 is 0 Å². The summed E-state index contributed by atoms with van der Waals surface area (Å²) in [4.78, 5) is 21.1. The van der Waals surface area contributed by atoms with Crippen molar-refractivity contribution in [1.29, 1.82) is 0 Å². The zero-order valence-electron chi connectivity index (χ0n) is 16.4. The molecule has 32 heavy (non-hydrogen) atoms. The van der Waals surface area contributed by atoms with Crippen molar-refractivity contribution in [2.75, 3.05) is 0 Å². The molecule has 0 unspecified atom stereocenters. The van der Waals surface area contributed by atoms with Crippen molar-refractivity contribution < 1.29 is 9.50 Å². The maximum Gasteiger partial charge on any atom is 0.161 e. The molecule has 6 aromatic rings. The Balaban J connectivity index is 1.52. The highest BCUT2D eigenvalue weighted by Gasteiger charge is 2.18. The lowest BCUT2D eigenvalue weighted by Crippen LogP contribution is -1.88. The van der Waals surface area contributed by atoms with Gasteiger partial charge in [-0.2, -0.15) is 5.10 Å². The van der Waals surface area contributed by atoms with E-state index in [-0.39, 0.29) is 5.75 Å². The Morgan fingerprint density at radius 2 is 1.62 bits per heavy atom. The molecule has 9 heteroatoms. The van der Waals surface area contributed by atoms with Crippen molar-refractivity contribution in [3.63, 3.8) is 0 Å². The Kier molecular flexibility index (Phi) is 3.94. The summed E-state index contributed by atoms with van der Waals surface area (Å²) in [7, 11) is 0. The third-order valence-corrected chi connectivity index (χ3v) is 5.17. The Labute approximate surface area is 179 Å². The minimum atomic E-state index is -0.555. The zero-order valence-corrected chi connectivity index (χ0v) is 16.4. The molecule has 0 aliphatic rings. The lowest BCUT2D eigenvalue weighted by Gasteiger charge is -2.03. The van der Waals surface area contributed by atoms with Crippen molar-refractivity contribution in [2.24, 2.45) is 0 Å². The van der Waals surface area contributed by atoms with Crippen LogP contribution < -0.4 is 0 Å². The number of aromatic nitrogens is 7. The fourth-order valence-electron chi connectivity index (χ4n) is 3.72. The highest BCUT2D eigenvalue weighted by Crippen LogP contribution is 2.32. The molecule has 0 aliphatic heterocycles. The first kappa shape index (κ1) is 18.1. The molecule has 0 saturated heterocycles. The fraction of sp³-hybridized carbons (Fsp3) is 0. The Hall–Kier alpha value is -4.66. The molecule has 0 amide bonds. The molecule has 0 spiro atoms. The quantitative estimate of drug-likeness (QED) is 0.387. The van der Waals surface area contributed by atoms with Crippen LogP contribution in [0.15, 0.2) is 67.1 Å². The summed E-state index contributed by atoms with van der Waals surface area (Å²) in [6, 6.07) is 13.2. The molecule has 5 aromatic heterocycles. The summed E-state index contributed by atoms with van der Waals surface area (Å²) in [5.41, 5.74) is 5.83. The van der Waals surface area contributed by atoms with Gasteiger partial charge in [0.05, 0.1) is 22.4 Å². The van der Waals surface area contributed by atoms with Gasteiger partial charge in [0.2, 0.25) is 0 Å². The maximum atomic E-state index is 13.9. The van der Waals surface area contributed by atoms with Gasteiger partial charge in [-0.1, -0.05) is 0 Å². The van der Waals surface area contributed by atoms with Crippen molar-refractivity contribution >= 4 is 22.1 Å². The van der Waals surface area contributed by atoms with E-state index in [2.05, 4.69) is 30.1 Å². The summed E-state index contributed by atoms with van der Waals surface area (Å²) < 4.78 is 13.9. The van der Waals surface area contributed by atoms with E-state index in [1.54, 1.807) is 24.7 Å². The molecule has 0 radical (unpaired) electrons. The second-order valence-corrected chi connectivity index (χ2v) is 7.24. The van der Waals surface area contributed by atoms with Crippen molar-refractivity contribution in [2.45, 2.75) is 0 Å². The molecule has 3 N–H and O–H groups in total. The number of nitrogens with one attached hydrogen (secondary N) is 2. The first-order chi connectivity index (χ1) is 15.7. The van der Waals surface area contributed by atoms with Gasteiger partial charge in [-0.15, -0.1) is 0 Å². The van der Waals surface area contributed by atoms with Crippen LogP contribution in [-0.2, 0) is 0 Å². The number of H-pyrrole nitrogens is 2. The number of hydrogen-bond acceptors (Lipinski definition) is 6. The van der Waals surface area contributed by atoms with Crippen LogP contribution in [0.4, 0.5) is 4.39 Å². The Morgan fingerprint density at radius 1 is 0.781 bits per heavy atom. The van der Waals surface area contributed by atoms with Gasteiger partial charge >= 0.3 is 0 Å². The lowest BCUT2D eigenvalue weighted by molar-refractivity contribution is 0.469. The standard InChI is InChI=1S/C23H14FN7O/c24-14-9-13(10-15(32)11-14)19-20-17(5-8-26-19)28-23(29-20)22-21-18(30-31-22)2-1-16(27-21)12-3-6-25-7-4-12/h1-11,32H,(H,28,29)(H,30,31). The number of hydrogen-bond donors (Lipinski definition) is 3. The molecular formula is C23H14FN7O. The van der Waals surface area contributed by atoms with E-state index >= 15 is 0 Å². The molecule has 0 aliphatic carbocycles. The predicted octanol–water partition coefficient (Wildman–Crippen LogP) is 4.47. The molecule has 0 atom stereocenters. The summed E-state index contributed by atoms with van der Waals surface area (Å²) in [5.74, 6) is -0.234. The van der Waals surface area contributed by atoms with Gasteiger partial charge in [-0.25, -0.2) is 14.4 Å². The van der Waals surface area contributed by atoms with Crippen LogP contribution in [0.3, 0.4) is 0 Å². The van der Waals surface area contributed by atoms with Gasteiger partial charge in [0.1, 0.15) is 22.6 Å². The van der Waals surface area contributed by atoms with Crippen LogP contribution in [0.5, 0.6) is 5.75 Å². The van der Waals surface area contributed by atoms with E-state index in [0.717, 1.165) is 22.8 Å². The Morgan fingerprint density at radius 3 is 2.47 bits per heavy atom. The number of aromatic hydroxyl groups is 1.